The number of carbonyl (C=O) groups is 3. The lowest BCUT2D eigenvalue weighted by molar-refractivity contribution is -0.384. The van der Waals surface area contributed by atoms with Gasteiger partial charge in [-0.2, -0.15) is 0 Å². The highest BCUT2D eigenvalue weighted by Gasteiger charge is 2.64. The van der Waals surface area contributed by atoms with Gasteiger partial charge in [0.15, 0.2) is 5.78 Å². The lowest BCUT2D eigenvalue weighted by Crippen LogP contribution is -2.44. The number of amides is 2. The molecule has 0 unspecified atom stereocenters. The van der Waals surface area contributed by atoms with Crippen LogP contribution in [0.5, 0.6) is 0 Å². The summed E-state index contributed by atoms with van der Waals surface area (Å²) in [6.45, 7) is 0. The molecule has 8 nitrogen and oxygen atoms in total. The fourth-order valence-electron chi connectivity index (χ4n) is 5.70. The molecule has 3 heterocycles. The average Bonchev–Trinajstić information content (AvgIpc) is 3.36. The number of nitro benzene ring substituents is 1. The van der Waals surface area contributed by atoms with Crippen LogP contribution in [0.15, 0.2) is 72.9 Å². The molecule has 37 heavy (non-hydrogen) atoms. The second-order valence-electron chi connectivity index (χ2n) is 9.11. The van der Waals surface area contributed by atoms with Crippen molar-refractivity contribution in [1.82, 2.24) is 4.90 Å². The molecular weight excluding hydrogens is 517 g/mol. The highest BCUT2D eigenvalue weighted by Crippen LogP contribution is 2.54. The Hall–Kier alpha value is -4.01. The molecule has 184 valence electrons. The maximum atomic E-state index is 13.9. The maximum Gasteiger partial charge on any atom is 0.270 e. The fourth-order valence-corrected chi connectivity index (χ4v) is 6.19. The van der Waals surface area contributed by atoms with E-state index in [2.05, 4.69) is 0 Å². The van der Waals surface area contributed by atoms with Gasteiger partial charge in [-0.05, 0) is 35.4 Å². The minimum atomic E-state index is -1.05. The third kappa shape index (κ3) is 3.48. The van der Waals surface area contributed by atoms with E-state index in [1.165, 1.54) is 42.5 Å². The van der Waals surface area contributed by atoms with Crippen LogP contribution in [0.2, 0.25) is 10.0 Å². The minimum absolute atomic E-state index is 0.0917. The molecule has 4 atom stereocenters. The van der Waals surface area contributed by atoms with Crippen LogP contribution in [-0.2, 0) is 9.59 Å². The van der Waals surface area contributed by atoms with E-state index < -0.39 is 46.4 Å². The largest absolute Gasteiger partial charge is 0.358 e. The van der Waals surface area contributed by atoms with Gasteiger partial charge in [-0.25, -0.2) is 4.90 Å². The van der Waals surface area contributed by atoms with Crippen LogP contribution in [0, 0.1) is 22.0 Å². The number of hydrogen-bond donors (Lipinski definition) is 0. The molecule has 3 aliphatic heterocycles. The number of imide groups is 1. The SMILES string of the molecule is O=C(c1cccc([N+](=O)[O-])c1)[C@@H]1[C@@H]2C(=O)N(c3ccc(Cl)cc3Cl)C(=O)[C@H]2[C@@H]2c3ccccc3C=CN12. The molecule has 0 bridgehead atoms. The number of non-ortho nitro benzene ring substituents is 1. The molecule has 0 N–H and O–H groups in total. The van der Waals surface area contributed by atoms with E-state index in [1.807, 2.05) is 30.3 Å². The third-order valence-electron chi connectivity index (χ3n) is 7.22. The number of fused-ring (bicyclic) bond motifs is 5. The number of ketones is 1. The highest BCUT2D eigenvalue weighted by atomic mass is 35.5. The minimum Gasteiger partial charge on any atom is -0.358 e. The summed E-state index contributed by atoms with van der Waals surface area (Å²) in [5, 5.41) is 11.8. The highest BCUT2D eigenvalue weighted by molar-refractivity contribution is 6.38. The number of benzene rings is 3. The summed E-state index contributed by atoms with van der Waals surface area (Å²) in [7, 11) is 0. The van der Waals surface area contributed by atoms with Crippen LogP contribution in [0.25, 0.3) is 6.08 Å². The Bertz CT molecular complexity index is 1550. The Labute approximate surface area is 220 Å². The molecule has 2 amide bonds. The van der Waals surface area contributed by atoms with Gasteiger partial charge in [0.05, 0.1) is 33.5 Å². The number of Topliss-reactive ketones (excluding diaryl/α,β-unsaturated/α-hetero) is 1. The van der Waals surface area contributed by atoms with Gasteiger partial charge in [-0.15, -0.1) is 0 Å². The van der Waals surface area contributed by atoms with Crippen molar-refractivity contribution in [2.24, 2.45) is 11.8 Å². The number of anilines is 1. The van der Waals surface area contributed by atoms with Crippen LogP contribution in [0.1, 0.15) is 27.5 Å². The predicted octanol–water partition coefficient (Wildman–Crippen LogP) is 5.30. The molecule has 2 fully saturated rings. The second kappa shape index (κ2) is 8.54. The van der Waals surface area contributed by atoms with E-state index in [0.717, 1.165) is 16.0 Å². The molecule has 0 aliphatic carbocycles. The zero-order valence-electron chi connectivity index (χ0n) is 19.0. The van der Waals surface area contributed by atoms with Gasteiger partial charge in [-0.1, -0.05) is 59.6 Å². The summed E-state index contributed by atoms with van der Waals surface area (Å²) in [6, 6.07) is 15.8. The van der Waals surface area contributed by atoms with Crippen molar-refractivity contribution in [3.8, 4) is 0 Å². The summed E-state index contributed by atoms with van der Waals surface area (Å²) in [6.07, 6.45) is 3.56. The van der Waals surface area contributed by atoms with E-state index in [4.69, 9.17) is 23.2 Å². The topological polar surface area (TPSA) is 101 Å². The number of nitrogens with zero attached hydrogens (tertiary/aromatic N) is 3. The third-order valence-corrected chi connectivity index (χ3v) is 7.76. The number of hydrogen-bond acceptors (Lipinski definition) is 6. The summed E-state index contributed by atoms with van der Waals surface area (Å²) in [5.74, 6) is -3.38. The van der Waals surface area contributed by atoms with Gasteiger partial charge in [0.2, 0.25) is 11.8 Å². The van der Waals surface area contributed by atoms with Crippen LogP contribution in [-0.4, -0.2) is 33.5 Å². The van der Waals surface area contributed by atoms with Gasteiger partial charge in [0.1, 0.15) is 6.04 Å². The molecule has 3 aromatic rings. The molecule has 3 aliphatic rings. The molecule has 0 spiro atoms. The Morgan fingerprint density at radius 1 is 0.919 bits per heavy atom. The van der Waals surface area contributed by atoms with Crippen LogP contribution in [0.4, 0.5) is 11.4 Å². The first-order valence-corrected chi connectivity index (χ1v) is 12.2. The smallest absolute Gasteiger partial charge is 0.270 e. The van der Waals surface area contributed by atoms with E-state index in [9.17, 15) is 24.5 Å². The Balaban J connectivity index is 1.50. The zero-order chi connectivity index (χ0) is 26.0. The Kier molecular flexibility index (Phi) is 5.40. The van der Waals surface area contributed by atoms with E-state index in [1.54, 1.807) is 11.1 Å². The first kappa shape index (κ1) is 23.4. The van der Waals surface area contributed by atoms with Crippen molar-refractivity contribution in [3.05, 3.63) is 110 Å². The molecule has 0 saturated carbocycles. The normalized spacial score (nSPS) is 23.6. The number of rotatable bonds is 4. The van der Waals surface area contributed by atoms with E-state index in [0.29, 0.717) is 5.02 Å². The molecule has 0 aromatic heterocycles. The Morgan fingerprint density at radius 2 is 1.68 bits per heavy atom. The summed E-state index contributed by atoms with van der Waals surface area (Å²) >= 11 is 12.4. The van der Waals surface area contributed by atoms with Crippen molar-refractivity contribution in [2.45, 2.75) is 12.1 Å². The van der Waals surface area contributed by atoms with Crippen LogP contribution in [0.3, 0.4) is 0 Å². The Morgan fingerprint density at radius 3 is 2.43 bits per heavy atom. The van der Waals surface area contributed by atoms with Crippen molar-refractivity contribution in [1.29, 1.82) is 0 Å². The number of carbonyl (C=O) groups excluding carboxylic acids is 3. The molecule has 2 saturated heterocycles. The zero-order valence-corrected chi connectivity index (χ0v) is 20.5. The molecule has 10 heteroatoms. The molecule has 6 rings (SSSR count). The molecular formula is C27H17Cl2N3O5. The number of halogens is 2. The lowest BCUT2D eigenvalue weighted by atomic mass is 9.83. The first-order chi connectivity index (χ1) is 17.8. The summed E-state index contributed by atoms with van der Waals surface area (Å²) in [4.78, 5) is 55.3. The van der Waals surface area contributed by atoms with Gasteiger partial charge in [0, 0.05) is 28.9 Å². The second-order valence-corrected chi connectivity index (χ2v) is 9.96. The predicted molar refractivity (Wildman–Crippen MR) is 137 cm³/mol. The summed E-state index contributed by atoms with van der Waals surface area (Å²) in [5.41, 5.74) is 1.76. The summed E-state index contributed by atoms with van der Waals surface area (Å²) < 4.78 is 0. The van der Waals surface area contributed by atoms with Gasteiger partial charge in [0.25, 0.3) is 5.69 Å². The molecule has 0 radical (unpaired) electrons. The van der Waals surface area contributed by atoms with Gasteiger partial charge < -0.3 is 4.90 Å². The van der Waals surface area contributed by atoms with E-state index >= 15 is 0 Å². The quantitative estimate of drug-likeness (QED) is 0.195. The number of nitro groups is 1. The fraction of sp³-hybridized carbons (Fsp3) is 0.148. The first-order valence-electron chi connectivity index (χ1n) is 11.4. The average molecular weight is 534 g/mol. The van der Waals surface area contributed by atoms with Crippen molar-refractivity contribution >= 4 is 58.3 Å². The van der Waals surface area contributed by atoms with Crippen molar-refractivity contribution in [3.63, 3.8) is 0 Å². The van der Waals surface area contributed by atoms with Crippen LogP contribution >= 0.6 is 23.2 Å². The van der Waals surface area contributed by atoms with Gasteiger partial charge in [-0.3, -0.25) is 24.5 Å². The monoisotopic (exact) mass is 533 g/mol. The van der Waals surface area contributed by atoms with E-state index in [-0.39, 0.29) is 22.0 Å². The van der Waals surface area contributed by atoms with Crippen LogP contribution < -0.4 is 4.90 Å². The maximum absolute atomic E-state index is 13.9. The molecule has 3 aromatic carbocycles. The lowest BCUT2D eigenvalue weighted by Gasteiger charge is -2.35. The van der Waals surface area contributed by atoms with Gasteiger partial charge >= 0.3 is 0 Å². The van der Waals surface area contributed by atoms with Crippen molar-refractivity contribution in [2.75, 3.05) is 4.90 Å². The standard InChI is InChI=1S/C27H17Cl2N3O5/c28-16-8-9-20(19(29)13-16)31-26(34)21-22(27(31)35)24(25(33)15-5-3-6-17(12-15)32(36)37)30-11-10-14-4-1-2-7-18(14)23(21)30/h1-13,21-24H/t21-,22-,23+,24+/m1/s1. The van der Waals surface area contributed by atoms with Crippen molar-refractivity contribution < 1.29 is 19.3 Å².